The molecule has 1 aromatic rings. The third kappa shape index (κ3) is 3.91. The first-order valence-electron chi connectivity index (χ1n) is 5.19. The quantitative estimate of drug-likeness (QED) is 0.725. The molecule has 0 N–H and O–H groups in total. The van der Waals surface area contributed by atoms with Crippen LogP contribution in [0.4, 0.5) is 0 Å². The van der Waals surface area contributed by atoms with Crippen LogP contribution in [0, 0.1) is 5.92 Å². The summed E-state index contributed by atoms with van der Waals surface area (Å²) in [6, 6.07) is 1.38. The summed E-state index contributed by atoms with van der Waals surface area (Å²) in [5, 5.41) is 0.345. The number of methoxy groups -OCH3 is 1. The van der Waals surface area contributed by atoms with Crippen molar-refractivity contribution in [2.24, 2.45) is 5.92 Å². The molecule has 0 bridgehead atoms. The fourth-order valence-electron chi connectivity index (χ4n) is 1.37. The smallest absolute Gasteiger partial charge is 0.309 e. The third-order valence-electron chi connectivity index (χ3n) is 2.42. The number of carbonyl (C=O) groups is 1. The lowest BCUT2D eigenvalue weighted by Gasteiger charge is -2.19. The second-order valence-electron chi connectivity index (χ2n) is 3.90. The highest BCUT2D eigenvalue weighted by Crippen LogP contribution is 2.35. The van der Waals surface area contributed by atoms with Crippen molar-refractivity contribution in [3.8, 4) is 0 Å². The number of hydrogen-bond donors (Lipinski definition) is 0. The van der Waals surface area contributed by atoms with Crippen LogP contribution in [0.3, 0.4) is 0 Å². The molecule has 1 unspecified atom stereocenters. The van der Waals surface area contributed by atoms with E-state index in [0.717, 1.165) is 15.6 Å². The second-order valence-corrected chi connectivity index (χ2v) is 8.95. The number of esters is 1. The molecule has 0 aliphatic heterocycles. The maximum Gasteiger partial charge on any atom is 0.309 e. The Morgan fingerprint density at radius 1 is 1.63 bits per heavy atom. The average Bonchev–Trinajstić information content (AvgIpc) is 2.69. The van der Waals surface area contributed by atoms with Crippen molar-refractivity contribution in [3.05, 3.63) is 14.9 Å². The number of carbonyl (C=O) groups excluding carboxylic acids is 1. The summed E-state index contributed by atoms with van der Waals surface area (Å²) in [6.45, 7) is 1.65. The van der Waals surface area contributed by atoms with Crippen LogP contribution in [-0.4, -0.2) is 39.4 Å². The Labute approximate surface area is 129 Å². The van der Waals surface area contributed by atoms with Crippen molar-refractivity contribution < 1.29 is 17.9 Å². The first-order chi connectivity index (χ1) is 8.70. The van der Waals surface area contributed by atoms with Gasteiger partial charge in [0.1, 0.15) is 4.21 Å². The lowest BCUT2D eigenvalue weighted by Crippen LogP contribution is -2.33. The topological polar surface area (TPSA) is 63.7 Å². The zero-order valence-electron chi connectivity index (χ0n) is 10.5. The fraction of sp³-hybridized carbons (Fsp3) is 0.500. The molecule has 5 nitrogen and oxygen atoms in total. The summed E-state index contributed by atoms with van der Waals surface area (Å²) in [7, 11) is -0.967. The molecule has 0 saturated heterocycles. The highest BCUT2D eigenvalue weighted by atomic mass is 79.9. The molecule has 9 heteroatoms. The van der Waals surface area contributed by atoms with Crippen LogP contribution >= 0.6 is 38.9 Å². The first kappa shape index (κ1) is 16.9. The molecule has 1 aromatic heterocycles. The minimum atomic E-state index is -3.65. The van der Waals surface area contributed by atoms with E-state index in [1.807, 2.05) is 0 Å². The maximum atomic E-state index is 12.2. The molecular weight excluding hydrogens is 378 g/mol. The predicted octanol–water partition coefficient (Wildman–Crippen LogP) is 2.59. The van der Waals surface area contributed by atoms with Gasteiger partial charge in [-0.3, -0.25) is 4.79 Å². The van der Waals surface area contributed by atoms with Gasteiger partial charge in [0, 0.05) is 13.6 Å². The molecular formula is C10H13BrClNO4S2. The lowest BCUT2D eigenvalue weighted by atomic mass is 10.2. The van der Waals surface area contributed by atoms with Crippen molar-refractivity contribution >= 4 is 54.9 Å². The minimum Gasteiger partial charge on any atom is -0.469 e. The van der Waals surface area contributed by atoms with Crippen LogP contribution < -0.4 is 0 Å². The highest BCUT2D eigenvalue weighted by molar-refractivity contribution is 9.11. The standard InChI is InChI=1S/C10H13BrClNO4S2/c1-6(10(14)17-3)5-13(2)19(15,16)8-4-7(12)9(11)18-8/h4,6H,5H2,1-3H3. The van der Waals surface area contributed by atoms with Gasteiger partial charge in [-0.1, -0.05) is 18.5 Å². The molecule has 0 fully saturated rings. The Morgan fingerprint density at radius 3 is 2.63 bits per heavy atom. The molecule has 108 valence electrons. The number of thiophene rings is 1. The summed E-state index contributed by atoms with van der Waals surface area (Å²) in [6.07, 6.45) is 0. The van der Waals surface area contributed by atoms with Crippen molar-refractivity contribution in [2.75, 3.05) is 20.7 Å². The molecule has 0 saturated carbocycles. The Morgan fingerprint density at radius 2 is 2.21 bits per heavy atom. The van der Waals surface area contributed by atoms with Crippen LogP contribution in [0.1, 0.15) is 6.92 Å². The van der Waals surface area contributed by atoms with Gasteiger partial charge >= 0.3 is 5.97 Å². The molecule has 19 heavy (non-hydrogen) atoms. The van der Waals surface area contributed by atoms with E-state index < -0.39 is 21.9 Å². The Kier molecular flexibility index (Phi) is 5.81. The number of rotatable bonds is 5. The molecule has 1 atom stereocenters. The van der Waals surface area contributed by atoms with E-state index in [9.17, 15) is 13.2 Å². The number of nitrogens with zero attached hydrogens (tertiary/aromatic N) is 1. The first-order valence-corrected chi connectivity index (χ1v) is 8.62. The van der Waals surface area contributed by atoms with Gasteiger partial charge in [0.2, 0.25) is 0 Å². The molecule has 0 aliphatic carbocycles. The molecule has 1 rings (SSSR count). The molecule has 1 heterocycles. The van der Waals surface area contributed by atoms with E-state index in [2.05, 4.69) is 20.7 Å². The van der Waals surface area contributed by atoms with E-state index in [1.54, 1.807) is 6.92 Å². The normalized spacial score (nSPS) is 13.6. The third-order valence-corrected chi connectivity index (χ3v) is 7.17. The minimum absolute atomic E-state index is 0.0438. The monoisotopic (exact) mass is 389 g/mol. The van der Waals surface area contributed by atoms with Gasteiger partial charge in [0.05, 0.1) is 21.8 Å². The zero-order chi connectivity index (χ0) is 14.8. The Bertz CT molecular complexity index is 553. The van der Waals surface area contributed by atoms with Gasteiger partial charge in [-0.25, -0.2) is 8.42 Å². The van der Waals surface area contributed by atoms with Crippen molar-refractivity contribution in [3.63, 3.8) is 0 Å². The van der Waals surface area contributed by atoms with Gasteiger partial charge in [-0.2, -0.15) is 4.31 Å². The Balaban J connectivity index is 2.91. The van der Waals surface area contributed by atoms with Gasteiger partial charge < -0.3 is 4.74 Å². The predicted molar refractivity (Wildman–Crippen MR) is 78.0 cm³/mol. The van der Waals surface area contributed by atoms with Crippen LogP contribution in [0.5, 0.6) is 0 Å². The SMILES string of the molecule is COC(=O)C(C)CN(C)S(=O)(=O)c1cc(Cl)c(Br)s1. The summed E-state index contributed by atoms with van der Waals surface area (Å²) in [4.78, 5) is 11.3. The number of ether oxygens (including phenoxy) is 1. The molecule has 0 aliphatic rings. The van der Waals surface area contributed by atoms with E-state index in [4.69, 9.17) is 11.6 Å². The number of sulfonamides is 1. The van der Waals surface area contributed by atoms with Crippen LogP contribution in [0.2, 0.25) is 5.02 Å². The summed E-state index contributed by atoms with van der Waals surface area (Å²) >= 11 is 10.0. The fourth-order valence-corrected chi connectivity index (χ4v) is 5.24. The van der Waals surface area contributed by atoms with Crippen molar-refractivity contribution in [1.29, 1.82) is 0 Å². The molecule has 0 aromatic carbocycles. The largest absolute Gasteiger partial charge is 0.469 e. The molecule has 0 amide bonds. The van der Waals surface area contributed by atoms with Crippen LogP contribution in [0.15, 0.2) is 14.1 Å². The summed E-state index contributed by atoms with van der Waals surface area (Å²) in [5.41, 5.74) is 0. The maximum absolute atomic E-state index is 12.2. The highest BCUT2D eigenvalue weighted by Gasteiger charge is 2.27. The lowest BCUT2D eigenvalue weighted by molar-refractivity contribution is -0.144. The van der Waals surface area contributed by atoms with Crippen LogP contribution in [0.25, 0.3) is 0 Å². The van der Waals surface area contributed by atoms with Crippen molar-refractivity contribution in [1.82, 2.24) is 4.31 Å². The second kappa shape index (κ2) is 6.53. The van der Waals surface area contributed by atoms with E-state index >= 15 is 0 Å². The van der Waals surface area contributed by atoms with Crippen LogP contribution in [-0.2, 0) is 19.6 Å². The zero-order valence-corrected chi connectivity index (χ0v) is 14.5. The molecule has 0 spiro atoms. The molecule has 0 radical (unpaired) electrons. The summed E-state index contributed by atoms with van der Waals surface area (Å²) in [5.74, 6) is -0.990. The average molecular weight is 391 g/mol. The summed E-state index contributed by atoms with van der Waals surface area (Å²) < 4.78 is 30.9. The van der Waals surface area contributed by atoms with Gasteiger partial charge in [0.15, 0.2) is 0 Å². The Hall–Kier alpha value is -0.150. The van der Waals surface area contributed by atoms with E-state index in [1.165, 1.54) is 20.2 Å². The van der Waals surface area contributed by atoms with Gasteiger partial charge in [-0.05, 0) is 22.0 Å². The van der Waals surface area contributed by atoms with Crippen molar-refractivity contribution in [2.45, 2.75) is 11.1 Å². The van der Waals surface area contributed by atoms with E-state index in [-0.39, 0.29) is 10.8 Å². The van der Waals surface area contributed by atoms with Gasteiger partial charge in [-0.15, -0.1) is 11.3 Å². The van der Waals surface area contributed by atoms with E-state index in [0.29, 0.717) is 8.81 Å². The van der Waals surface area contributed by atoms with Gasteiger partial charge in [0.25, 0.3) is 10.0 Å². The number of halogens is 2. The number of hydrogen-bond acceptors (Lipinski definition) is 5.